The second-order valence-electron chi connectivity index (χ2n) is 5.83. The number of hydrogen-bond donors (Lipinski definition) is 0. The van der Waals surface area contributed by atoms with Crippen molar-refractivity contribution in [3.63, 3.8) is 0 Å². The molecule has 4 rings (SSSR count). The van der Waals surface area contributed by atoms with Gasteiger partial charge in [0.2, 0.25) is 0 Å². The van der Waals surface area contributed by atoms with Gasteiger partial charge in [0, 0.05) is 10.6 Å². The Morgan fingerprint density at radius 2 is 1.79 bits per heavy atom. The summed E-state index contributed by atoms with van der Waals surface area (Å²) in [4.78, 5) is 5.68. The minimum atomic E-state index is -0.0314. The highest BCUT2D eigenvalue weighted by Gasteiger charge is 2.38. The Morgan fingerprint density at radius 1 is 1.00 bits per heavy atom. The van der Waals surface area contributed by atoms with Crippen LogP contribution in [0.5, 0.6) is 0 Å². The zero-order chi connectivity index (χ0) is 16.4. The van der Waals surface area contributed by atoms with Crippen LogP contribution in [-0.2, 0) is 4.84 Å². The fourth-order valence-electron chi connectivity index (χ4n) is 3.00. The molecule has 2 aromatic rings. The van der Waals surface area contributed by atoms with Crippen LogP contribution < -0.4 is 0 Å². The first kappa shape index (κ1) is 15.0. The van der Waals surface area contributed by atoms with Gasteiger partial charge >= 0.3 is 0 Å². The maximum Gasteiger partial charge on any atom is 0.164 e. The topological polar surface area (TPSA) is 21.6 Å². The number of halogens is 1. The van der Waals surface area contributed by atoms with Crippen LogP contribution in [0.2, 0.25) is 5.02 Å². The molecule has 1 aliphatic carbocycles. The van der Waals surface area contributed by atoms with E-state index in [0.29, 0.717) is 0 Å². The van der Waals surface area contributed by atoms with E-state index in [2.05, 4.69) is 47.7 Å². The highest BCUT2D eigenvalue weighted by Crippen LogP contribution is 2.35. The smallest absolute Gasteiger partial charge is 0.164 e. The second kappa shape index (κ2) is 6.50. The number of allylic oxidation sites excluding steroid dienone is 2. The summed E-state index contributed by atoms with van der Waals surface area (Å²) in [5.74, 6) is 0.169. The molecule has 0 aromatic heterocycles. The van der Waals surface area contributed by atoms with Crippen LogP contribution >= 0.6 is 11.6 Å². The highest BCUT2D eigenvalue weighted by atomic mass is 35.5. The summed E-state index contributed by atoms with van der Waals surface area (Å²) in [5, 5.41) is 5.02. The summed E-state index contributed by atoms with van der Waals surface area (Å²) in [6.07, 6.45) is 10.5. The quantitative estimate of drug-likeness (QED) is 0.750. The number of hydrogen-bond acceptors (Lipinski definition) is 2. The lowest BCUT2D eigenvalue weighted by molar-refractivity contribution is 0.104. The van der Waals surface area contributed by atoms with E-state index in [4.69, 9.17) is 16.4 Å². The van der Waals surface area contributed by atoms with Crippen molar-refractivity contribution in [3.8, 4) is 0 Å². The van der Waals surface area contributed by atoms with Crippen molar-refractivity contribution in [2.75, 3.05) is 0 Å². The standard InChI is InChI=1S/C21H16ClNO/c22-18-12-9-16(10-13-18)20-19-14-11-17(21(19)24-23-20)8-4-7-15-5-2-1-3-6-15/h1-14,19,21H/b7-4+,17-8-/t19-,21-/m0/s1. The lowest BCUT2D eigenvalue weighted by Crippen LogP contribution is -2.19. The third kappa shape index (κ3) is 2.93. The Bertz CT molecular complexity index is 847. The molecule has 2 atom stereocenters. The average molecular weight is 334 g/mol. The average Bonchev–Trinajstić information content (AvgIpc) is 3.20. The highest BCUT2D eigenvalue weighted by molar-refractivity contribution is 6.30. The van der Waals surface area contributed by atoms with Gasteiger partial charge in [0.1, 0.15) is 0 Å². The number of benzene rings is 2. The van der Waals surface area contributed by atoms with Gasteiger partial charge in [0.05, 0.1) is 11.6 Å². The molecule has 24 heavy (non-hydrogen) atoms. The van der Waals surface area contributed by atoms with Crippen LogP contribution in [0, 0.1) is 5.92 Å². The zero-order valence-corrected chi connectivity index (χ0v) is 13.7. The van der Waals surface area contributed by atoms with Gasteiger partial charge < -0.3 is 4.84 Å². The van der Waals surface area contributed by atoms with Crippen molar-refractivity contribution in [1.29, 1.82) is 0 Å². The predicted molar refractivity (Wildman–Crippen MR) is 99.1 cm³/mol. The van der Waals surface area contributed by atoms with E-state index < -0.39 is 0 Å². The minimum Gasteiger partial charge on any atom is -0.386 e. The zero-order valence-electron chi connectivity index (χ0n) is 13.0. The van der Waals surface area contributed by atoms with Crippen molar-refractivity contribution >= 4 is 23.4 Å². The normalized spacial score (nSPS) is 23.5. The summed E-state index contributed by atoms with van der Waals surface area (Å²) in [6, 6.07) is 18.0. The Kier molecular flexibility index (Phi) is 4.06. The molecule has 0 saturated carbocycles. The fraction of sp³-hybridized carbons (Fsp3) is 0.0952. The van der Waals surface area contributed by atoms with Crippen LogP contribution in [0.4, 0.5) is 0 Å². The van der Waals surface area contributed by atoms with Crippen LogP contribution in [-0.4, -0.2) is 11.8 Å². The fourth-order valence-corrected chi connectivity index (χ4v) is 3.13. The molecule has 0 spiro atoms. The Labute approximate surface area is 146 Å². The number of rotatable bonds is 3. The molecule has 2 nitrogen and oxygen atoms in total. The van der Waals surface area contributed by atoms with Gasteiger partial charge in [0.25, 0.3) is 0 Å². The third-order valence-corrected chi connectivity index (χ3v) is 4.50. The summed E-state index contributed by atoms with van der Waals surface area (Å²) in [6.45, 7) is 0. The first-order valence-corrected chi connectivity index (χ1v) is 8.30. The molecule has 0 N–H and O–H groups in total. The minimum absolute atomic E-state index is 0.0314. The molecule has 0 saturated heterocycles. The van der Waals surface area contributed by atoms with Crippen LogP contribution in [0.25, 0.3) is 6.08 Å². The molecule has 0 unspecified atom stereocenters. The first-order valence-electron chi connectivity index (χ1n) is 7.92. The molecule has 2 aliphatic rings. The molecule has 3 heteroatoms. The lowest BCUT2D eigenvalue weighted by Gasteiger charge is -2.10. The monoisotopic (exact) mass is 333 g/mol. The number of fused-ring (bicyclic) bond motifs is 1. The Hall–Kier alpha value is -2.58. The molecular weight excluding hydrogens is 318 g/mol. The molecule has 1 aliphatic heterocycles. The summed E-state index contributed by atoms with van der Waals surface area (Å²) >= 11 is 5.96. The summed E-state index contributed by atoms with van der Waals surface area (Å²) in [7, 11) is 0. The Balaban J connectivity index is 1.50. The lowest BCUT2D eigenvalue weighted by atomic mass is 9.94. The van der Waals surface area contributed by atoms with E-state index in [1.807, 2.05) is 42.5 Å². The van der Waals surface area contributed by atoms with Crippen LogP contribution in [0.3, 0.4) is 0 Å². The van der Waals surface area contributed by atoms with Gasteiger partial charge in [-0.05, 0) is 23.3 Å². The summed E-state index contributed by atoms with van der Waals surface area (Å²) < 4.78 is 0. The van der Waals surface area contributed by atoms with E-state index in [0.717, 1.165) is 21.9 Å². The van der Waals surface area contributed by atoms with Crippen LogP contribution in [0.1, 0.15) is 11.1 Å². The predicted octanol–water partition coefficient (Wildman–Crippen LogP) is 5.27. The first-order chi connectivity index (χ1) is 11.8. The van der Waals surface area contributed by atoms with Crippen molar-refractivity contribution in [1.82, 2.24) is 0 Å². The van der Waals surface area contributed by atoms with Crippen molar-refractivity contribution in [2.45, 2.75) is 6.10 Å². The van der Waals surface area contributed by atoms with Gasteiger partial charge in [-0.1, -0.05) is 89.6 Å². The van der Waals surface area contributed by atoms with Gasteiger partial charge in [0.15, 0.2) is 6.10 Å². The van der Waals surface area contributed by atoms with Crippen molar-refractivity contribution < 1.29 is 4.84 Å². The van der Waals surface area contributed by atoms with Crippen molar-refractivity contribution in [2.24, 2.45) is 11.1 Å². The molecule has 118 valence electrons. The Morgan fingerprint density at radius 3 is 2.58 bits per heavy atom. The maximum absolute atomic E-state index is 5.96. The van der Waals surface area contributed by atoms with Gasteiger partial charge in [-0.3, -0.25) is 0 Å². The van der Waals surface area contributed by atoms with Crippen molar-refractivity contribution in [3.05, 3.63) is 101 Å². The van der Waals surface area contributed by atoms with E-state index in [1.54, 1.807) is 0 Å². The number of nitrogens with zero attached hydrogens (tertiary/aromatic N) is 1. The van der Waals surface area contributed by atoms with E-state index in [-0.39, 0.29) is 12.0 Å². The second-order valence-corrected chi connectivity index (χ2v) is 6.27. The maximum atomic E-state index is 5.96. The van der Waals surface area contributed by atoms with Crippen LogP contribution in [0.15, 0.2) is 89.6 Å². The van der Waals surface area contributed by atoms with E-state index in [1.165, 1.54) is 5.56 Å². The molecule has 2 aromatic carbocycles. The SMILES string of the molecule is Clc1ccc(C2=NO[C@H]3/C(=C\C=C\c4ccccc4)C=C[C@@H]23)cc1. The largest absolute Gasteiger partial charge is 0.386 e. The molecule has 0 radical (unpaired) electrons. The molecule has 0 bridgehead atoms. The van der Waals surface area contributed by atoms with E-state index >= 15 is 0 Å². The van der Waals surface area contributed by atoms with Gasteiger partial charge in [-0.2, -0.15) is 0 Å². The molecule has 0 fully saturated rings. The van der Waals surface area contributed by atoms with Gasteiger partial charge in [-0.25, -0.2) is 0 Å². The van der Waals surface area contributed by atoms with Gasteiger partial charge in [-0.15, -0.1) is 0 Å². The van der Waals surface area contributed by atoms with E-state index in [9.17, 15) is 0 Å². The molecule has 0 amide bonds. The molecular formula is C21H16ClNO. The third-order valence-electron chi connectivity index (χ3n) is 4.25. The molecule has 1 heterocycles. The number of oxime groups is 1. The summed E-state index contributed by atoms with van der Waals surface area (Å²) in [5.41, 5.74) is 4.33.